The first-order chi connectivity index (χ1) is 14.6. The number of carbonyl (C=O) groups is 1. The molecule has 2 aliphatic rings. The Labute approximate surface area is 175 Å². The monoisotopic (exact) mass is 393 g/mol. The van der Waals surface area contributed by atoms with Crippen LogP contribution in [0, 0.1) is 6.92 Å². The van der Waals surface area contributed by atoms with Crippen LogP contribution in [-0.4, -0.2) is 22.7 Å². The highest BCUT2D eigenvalue weighted by molar-refractivity contribution is 6.11. The third kappa shape index (κ3) is 2.34. The van der Waals surface area contributed by atoms with Gasteiger partial charge in [-0.2, -0.15) is 5.10 Å². The average Bonchev–Trinajstić information content (AvgIpc) is 3.36. The van der Waals surface area contributed by atoms with Gasteiger partial charge < -0.3 is 4.90 Å². The summed E-state index contributed by atoms with van der Waals surface area (Å²) in [4.78, 5) is 15.1. The van der Waals surface area contributed by atoms with Crippen LogP contribution in [0.4, 0.5) is 5.69 Å². The molecule has 0 saturated heterocycles. The average molecular weight is 393 g/mol. The first-order valence-electron chi connectivity index (χ1n) is 10.5. The zero-order valence-corrected chi connectivity index (χ0v) is 17.2. The number of hydrogen-bond acceptors (Lipinski definition) is 2. The Bertz CT molecular complexity index is 1310. The molecular formula is C26H23N3O. The molecule has 1 saturated carbocycles. The predicted octanol–water partition coefficient (Wildman–Crippen LogP) is 4.79. The second kappa shape index (κ2) is 6.05. The molecular weight excluding hydrogens is 370 g/mol. The highest BCUT2D eigenvalue weighted by atomic mass is 16.2. The zero-order valence-electron chi connectivity index (χ0n) is 17.2. The number of fused-ring (bicyclic) bond motifs is 3. The van der Waals surface area contributed by atoms with E-state index in [0.717, 1.165) is 29.6 Å². The summed E-state index contributed by atoms with van der Waals surface area (Å²) in [5.41, 5.74) is 6.65. The van der Waals surface area contributed by atoms with Gasteiger partial charge in [0.05, 0.1) is 23.7 Å². The predicted molar refractivity (Wildman–Crippen MR) is 119 cm³/mol. The number of amides is 1. The van der Waals surface area contributed by atoms with Gasteiger partial charge in [0.25, 0.3) is 0 Å². The molecule has 3 aromatic carbocycles. The fraction of sp³-hybridized carbons (Fsp3) is 0.231. The summed E-state index contributed by atoms with van der Waals surface area (Å²) in [6, 6.07) is 23.3. The van der Waals surface area contributed by atoms with E-state index < -0.39 is 5.41 Å². The van der Waals surface area contributed by atoms with Crippen LogP contribution in [0.25, 0.3) is 10.9 Å². The van der Waals surface area contributed by atoms with Gasteiger partial charge in [0.15, 0.2) is 0 Å². The third-order valence-electron chi connectivity index (χ3n) is 6.89. The molecule has 1 fully saturated rings. The van der Waals surface area contributed by atoms with E-state index in [-0.39, 0.29) is 11.8 Å². The minimum Gasteiger partial charge on any atom is -0.314 e. The number of anilines is 1. The normalized spacial score (nSPS) is 22.1. The van der Waals surface area contributed by atoms with Crippen LogP contribution in [0.5, 0.6) is 0 Å². The first kappa shape index (κ1) is 17.5. The van der Waals surface area contributed by atoms with Gasteiger partial charge in [-0.1, -0.05) is 60.2 Å². The number of likely N-dealkylation sites (N-methyl/N-ethyl adjacent to an activating group) is 1. The Hall–Kier alpha value is -3.40. The lowest BCUT2D eigenvalue weighted by atomic mass is 9.91. The molecule has 0 radical (unpaired) electrons. The van der Waals surface area contributed by atoms with E-state index in [2.05, 4.69) is 77.4 Å². The van der Waals surface area contributed by atoms with Crippen molar-refractivity contribution in [2.24, 2.45) is 0 Å². The Morgan fingerprint density at radius 3 is 2.73 bits per heavy atom. The van der Waals surface area contributed by atoms with E-state index in [0.29, 0.717) is 0 Å². The number of rotatable bonds is 3. The Balaban J connectivity index is 1.40. The van der Waals surface area contributed by atoms with Crippen LogP contribution < -0.4 is 4.90 Å². The maximum absolute atomic E-state index is 13.3. The molecule has 6 rings (SSSR count). The molecule has 4 aromatic rings. The van der Waals surface area contributed by atoms with Gasteiger partial charge in [-0.3, -0.25) is 9.48 Å². The molecule has 2 heterocycles. The van der Waals surface area contributed by atoms with Crippen molar-refractivity contribution < 1.29 is 4.79 Å². The lowest BCUT2D eigenvalue weighted by Crippen LogP contribution is -2.29. The molecule has 1 aliphatic heterocycles. The van der Waals surface area contributed by atoms with Crippen molar-refractivity contribution in [3.63, 3.8) is 0 Å². The van der Waals surface area contributed by atoms with E-state index in [1.54, 1.807) is 0 Å². The summed E-state index contributed by atoms with van der Waals surface area (Å²) in [6.45, 7) is 2.84. The van der Waals surface area contributed by atoms with E-state index in [1.165, 1.54) is 22.3 Å². The van der Waals surface area contributed by atoms with Gasteiger partial charge >= 0.3 is 0 Å². The van der Waals surface area contributed by atoms with Crippen LogP contribution in [0.15, 0.2) is 72.9 Å². The van der Waals surface area contributed by atoms with Crippen molar-refractivity contribution in [3.05, 3.63) is 95.2 Å². The molecule has 1 spiro atoms. The van der Waals surface area contributed by atoms with Crippen molar-refractivity contribution >= 4 is 22.5 Å². The van der Waals surface area contributed by atoms with Crippen LogP contribution in [0.2, 0.25) is 0 Å². The molecule has 0 bridgehead atoms. The summed E-state index contributed by atoms with van der Waals surface area (Å²) in [5.74, 6) is 0.450. The van der Waals surface area contributed by atoms with Crippen LogP contribution in [0.1, 0.15) is 34.6 Å². The van der Waals surface area contributed by atoms with Gasteiger partial charge in [-0.05, 0) is 42.2 Å². The number of benzene rings is 3. The standard InChI is InChI=1S/C26H23N3O/c1-17-8-11-23-21(12-17)26(25(30)28(23)2)14-22(26)19-9-10-20-15-27-29(24(20)13-19)16-18-6-4-3-5-7-18/h3-13,15,22H,14,16H2,1-2H3/t22-,26-/m0/s1. The minimum absolute atomic E-state index is 0.222. The number of carbonyl (C=O) groups excluding carboxylic acids is 1. The van der Waals surface area contributed by atoms with Gasteiger partial charge in [0.2, 0.25) is 5.91 Å². The second-order valence-electron chi connectivity index (χ2n) is 8.72. The number of aromatic nitrogens is 2. The fourth-order valence-electron chi connectivity index (χ4n) is 5.21. The minimum atomic E-state index is -0.395. The number of aryl methyl sites for hydroxylation is 1. The van der Waals surface area contributed by atoms with Crippen LogP contribution in [0.3, 0.4) is 0 Å². The van der Waals surface area contributed by atoms with Crippen molar-refractivity contribution in [3.8, 4) is 0 Å². The lowest BCUT2D eigenvalue weighted by Gasteiger charge is -2.12. The Kier molecular flexibility index (Phi) is 3.52. The first-order valence-corrected chi connectivity index (χ1v) is 10.5. The van der Waals surface area contributed by atoms with Crippen molar-refractivity contribution in [2.45, 2.75) is 31.2 Å². The second-order valence-corrected chi connectivity index (χ2v) is 8.72. The van der Waals surface area contributed by atoms with E-state index in [1.807, 2.05) is 24.2 Å². The molecule has 148 valence electrons. The highest BCUT2D eigenvalue weighted by Crippen LogP contribution is 2.66. The molecule has 1 amide bonds. The van der Waals surface area contributed by atoms with Crippen LogP contribution >= 0.6 is 0 Å². The molecule has 4 nitrogen and oxygen atoms in total. The zero-order chi connectivity index (χ0) is 20.5. The van der Waals surface area contributed by atoms with Gasteiger partial charge in [-0.25, -0.2) is 0 Å². The van der Waals surface area contributed by atoms with E-state index in [4.69, 9.17) is 0 Å². The maximum atomic E-state index is 13.3. The molecule has 1 aromatic heterocycles. The molecule has 4 heteroatoms. The molecule has 1 aliphatic carbocycles. The number of nitrogens with zero attached hydrogens (tertiary/aromatic N) is 3. The third-order valence-corrected chi connectivity index (χ3v) is 6.89. The highest BCUT2D eigenvalue weighted by Gasteiger charge is 2.66. The lowest BCUT2D eigenvalue weighted by molar-refractivity contribution is -0.120. The fourth-order valence-corrected chi connectivity index (χ4v) is 5.21. The topological polar surface area (TPSA) is 38.1 Å². The van der Waals surface area contributed by atoms with Gasteiger partial charge in [-0.15, -0.1) is 0 Å². The molecule has 0 unspecified atom stereocenters. The van der Waals surface area contributed by atoms with E-state index >= 15 is 0 Å². The van der Waals surface area contributed by atoms with Gasteiger partial charge in [0, 0.05) is 24.0 Å². The van der Waals surface area contributed by atoms with Crippen molar-refractivity contribution in [2.75, 3.05) is 11.9 Å². The van der Waals surface area contributed by atoms with Crippen LogP contribution in [-0.2, 0) is 16.8 Å². The smallest absolute Gasteiger partial charge is 0.238 e. The maximum Gasteiger partial charge on any atom is 0.238 e. The summed E-state index contributed by atoms with van der Waals surface area (Å²) >= 11 is 0. The van der Waals surface area contributed by atoms with Crippen molar-refractivity contribution in [1.82, 2.24) is 9.78 Å². The number of hydrogen-bond donors (Lipinski definition) is 0. The SMILES string of the molecule is Cc1ccc2c(c1)[C@]1(C[C@H]1c1ccc3cnn(Cc4ccccc4)c3c1)C(=O)N2C. The molecule has 0 N–H and O–H groups in total. The molecule has 30 heavy (non-hydrogen) atoms. The summed E-state index contributed by atoms with van der Waals surface area (Å²) in [6.07, 6.45) is 2.81. The van der Waals surface area contributed by atoms with E-state index in [9.17, 15) is 4.79 Å². The quantitative estimate of drug-likeness (QED) is 0.502. The largest absolute Gasteiger partial charge is 0.314 e. The summed E-state index contributed by atoms with van der Waals surface area (Å²) < 4.78 is 2.06. The van der Waals surface area contributed by atoms with Crippen molar-refractivity contribution in [1.29, 1.82) is 0 Å². The van der Waals surface area contributed by atoms with Gasteiger partial charge in [0.1, 0.15) is 0 Å². The summed E-state index contributed by atoms with van der Waals surface area (Å²) in [5, 5.41) is 5.75. The summed E-state index contributed by atoms with van der Waals surface area (Å²) in [7, 11) is 1.90. The molecule has 2 atom stereocenters. The Morgan fingerprint density at radius 2 is 1.90 bits per heavy atom. The Morgan fingerprint density at radius 1 is 1.07 bits per heavy atom.